The Kier molecular flexibility index (Phi) is 5.09. The van der Waals surface area contributed by atoms with Crippen LogP contribution in [0, 0.1) is 16.7 Å². The first-order valence-corrected chi connectivity index (χ1v) is 9.61. The van der Waals surface area contributed by atoms with Crippen LogP contribution in [0.25, 0.3) is 0 Å². The van der Waals surface area contributed by atoms with Gasteiger partial charge in [0.05, 0.1) is 18.8 Å². The highest BCUT2D eigenvalue weighted by Crippen LogP contribution is 2.66. The third kappa shape index (κ3) is 3.20. The first-order valence-electron chi connectivity index (χ1n) is 9.61. The van der Waals surface area contributed by atoms with Crippen LogP contribution in [0.2, 0.25) is 0 Å². The minimum Gasteiger partial charge on any atom is -0.389 e. The van der Waals surface area contributed by atoms with Crippen LogP contribution in [-0.4, -0.2) is 73.0 Å². The highest BCUT2D eigenvalue weighted by atomic mass is 16.5. The number of β-amino-alcohol motifs (C(OH)–C–C–N with tert-alkyl or cyclic N) is 1. The molecule has 1 heterocycles. The van der Waals surface area contributed by atoms with E-state index in [9.17, 15) is 5.11 Å². The second-order valence-electron chi connectivity index (χ2n) is 8.82. The molecule has 4 heteroatoms. The lowest BCUT2D eigenvalue weighted by Crippen LogP contribution is -2.49. The van der Waals surface area contributed by atoms with Gasteiger partial charge in [-0.05, 0) is 42.6 Å². The van der Waals surface area contributed by atoms with E-state index >= 15 is 0 Å². The van der Waals surface area contributed by atoms with E-state index in [-0.39, 0.29) is 6.10 Å². The zero-order valence-electron chi connectivity index (χ0n) is 15.6. The Morgan fingerprint density at radius 1 is 1.13 bits per heavy atom. The van der Waals surface area contributed by atoms with Gasteiger partial charge in [0, 0.05) is 32.7 Å². The predicted octanol–water partition coefficient (Wildman–Crippen LogP) is 2.22. The van der Waals surface area contributed by atoms with E-state index in [0.29, 0.717) is 23.5 Å². The van der Waals surface area contributed by atoms with Gasteiger partial charge >= 0.3 is 0 Å². The summed E-state index contributed by atoms with van der Waals surface area (Å²) in [5, 5.41) is 10.4. The predicted molar refractivity (Wildman–Crippen MR) is 93.5 cm³/mol. The third-order valence-corrected chi connectivity index (χ3v) is 7.58. The molecule has 3 aliphatic rings. The lowest BCUT2D eigenvalue weighted by molar-refractivity contribution is -0.0806. The quantitative estimate of drug-likeness (QED) is 0.813. The molecule has 23 heavy (non-hydrogen) atoms. The summed E-state index contributed by atoms with van der Waals surface area (Å²) in [6.07, 6.45) is 3.81. The topological polar surface area (TPSA) is 35.9 Å². The molecule has 1 saturated heterocycles. The molecule has 0 spiro atoms. The van der Waals surface area contributed by atoms with E-state index in [4.69, 9.17) is 4.74 Å². The fourth-order valence-electron chi connectivity index (χ4n) is 5.25. The zero-order chi connectivity index (χ0) is 16.7. The molecule has 0 aromatic rings. The number of piperazine rings is 1. The highest BCUT2D eigenvalue weighted by Gasteiger charge is 2.61. The van der Waals surface area contributed by atoms with Gasteiger partial charge < -0.3 is 14.7 Å². The van der Waals surface area contributed by atoms with Crippen LogP contribution in [0.3, 0.4) is 0 Å². The molecule has 0 unspecified atom stereocenters. The van der Waals surface area contributed by atoms with Gasteiger partial charge in [0.1, 0.15) is 0 Å². The number of hydrogen-bond donors (Lipinski definition) is 1. The van der Waals surface area contributed by atoms with Crippen molar-refractivity contribution in [2.45, 2.75) is 59.2 Å². The Morgan fingerprint density at radius 2 is 1.78 bits per heavy atom. The Morgan fingerprint density at radius 3 is 2.30 bits per heavy atom. The molecule has 2 aliphatic carbocycles. The van der Waals surface area contributed by atoms with E-state index in [1.165, 1.54) is 19.3 Å². The lowest BCUT2D eigenvalue weighted by Gasteiger charge is -2.39. The molecule has 0 aromatic heterocycles. The summed E-state index contributed by atoms with van der Waals surface area (Å²) >= 11 is 0. The van der Waals surface area contributed by atoms with Crippen molar-refractivity contribution in [3.8, 4) is 0 Å². The molecule has 134 valence electrons. The van der Waals surface area contributed by atoms with Gasteiger partial charge in [0.15, 0.2) is 0 Å². The van der Waals surface area contributed by atoms with Gasteiger partial charge in [0.25, 0.3) is 0 Å². The number of nitrogens with zero attached hydrogens (tertiary/aromatic N) is 2. The van der Waals surface area contributed by atoms with Gasteiger partial charge in [-0.15, -0.1) is 0 Å². The fraction of sp³-hybridized carbons (Fsp3) is 1.00. The summed E-state index contributed by atoms with van der Waals surface area (Å²) in [6.45, 7) is 16.2. The molecule has 2 saturated carbocycles. The van der Waals surface area contributed by atoms with Gasteiger partial charge in [-0.25, -0.2) is 0 Å². The maximum absolute atomic E-state index is 10.4. The normalized spacial score (nSPS) is 39.0. The van der Waals surface area contributed by atoms with Gasteiger partial charge in [-0.3, -0.25) is 4.90 Å². The number of fused-ring (bicyclic) bond motifs is 2. The van der Waals surface area contributed by atoms with E-state index in [1.807, 2.05) is 0 Å². The van der Waals surface area contributed by atoms with Crippen LogP contribution in [-0.2, 0) is 4.74 Å². The summed E-state index contributed by atoms with van der Waals surface area (Å²) in [4.78, 5) is 4.85. The van der Waals surface area contributed by atoms with Crippen molar-refractivity contribution in [2.75, 3.05) is 45.9 Å². The van der Waals surface area contributed by atoms with Crippen LogP contribution in [0.5, 0.6) is 0 Å². The summed E-state index contributed by atoms with van der Waals surface area (Å²) in [6, 6.07) is 0. The number of aliphatic hydroxyl groups is 1. The van der Waals surface area contributed by atoms with Crippen LogP contribution >= 0.6 is 0 Å². The monoisotopic (exact) mass is 324 g/mol. The Labute approximate surface area is 142 Å². The van der Waals surface area contributed by atoms with Crippen LogP contribution in [0.15, 0.2) is 0 Å². The smallest absolute Gasteiger partial charge is 0.0900 e. The second-order valence-corrected chi connectivity index (χ2v) is 8.82. The summed E-state index contributed by atoms with van der Waals surface area (Å²) in [7, 11) is 0. The number of aliphatic hydroxyl groups excluding tert-OH is 1. The maximum atomic E-state index is 10.4. The van der Waals surface area contributed by atoms with Gasteiger partial charge in [-0.2, -0.15) is 0 Å². The molecule has 0 aromatic carbocycles. The molecular weight excluding hydrogens is 288 g/mol. The van der Waals surface area contributed by atoms with Crippen LogP contribution in [0.1, 0.15) is 47.0 Å². The largest absolute Gasteiger partial charge is 0.389 e. The summed E-state index contributed by atoms with van der Waals surface area (Å²) in [5.41, 5.74) is 0.684. The molecule has 1 N–H and O–H groups in total. The Hall–Kier alpha value is -0.160. The van der Waals surface area contributed by atoms with E-state index in [2.05, 4.69) is 37.5 Å². The third-order valence-electron chi connectivity index (χ3n) is 7.58. The van der Waals surface area contributed by atoms with Crippen LogP contribution in [0.4, 0.5) is 0 Å². The molecular formula is C19H36N2O2. The van der Waals surface area contributed by atoms with Crippen molar-refractivity contribution in [2.24, 2.45) is 16.7 Å². The molecule has 0 amide bonds. The number of ether oxygens (including phenoxy) is 1. The van der Waals surface area contributed by atoms with E-state index in [0.717, 1.165) is 45.2 Å². The molecule has 1 aliphatic heterocycles. The van der Waals surface area contributed by atoms with Crippen molar-refractivity contribution in [1.29, 1.82) is 0 Å². The highest BCUT2D eigenvalue weighted by molar-refractivity contribution is 5.11. The zero-order valence-corrected chi connectivity index (χ0v) is 15.6. The molecule has 4 nitrogen and oxygen atoms in total. The Balaban J connectivity index is 1.43. The Bertz CT molecular complexity index is 406. The molecule has 3 fully saturated rings. The minimum atomic E-state index is -0.353. The average Bonchev–Trinajstić information content (AvgIpc) is 2.86. The number of hydrogen-bond acceptors (Lipinski definition) is 4. The van der Waals surface area contributed by atoms with Crippen molar-refractivity contribution in [3.63, 3.8) is 0 Å². The van der Waals surface area contributed by atoms with E-state index in [1.54, 1.807) is 0 Å². The minimum absolute atomic E-state index is 0.296. The van der Waals surface area contributed by atoms with Crippen molar-refractivity contribution in [1.82, 2.24) is 9.80 Å². The van der Waals surface area contributed by atoms with Crippen molar-refractivity contribution >= 4 is 0 Å². The lowest BCUT2D eigenvalue weighted by atomic mass is 9.70. The molecule has 3 rings (SSSR count). The number of rotatable bonds is 6. The second kappa shape index (κ2) is 6.62. The molecule has 4 atom stereocenters. The van der Waals surface area contributed by atoms with E-state index < -0.39 is 0 Å². The first-order chi connectivity index (χ1) is 10.9. The number of likely N-dealkylation sites (N-methyl/N-ethyl adjacent to an activating group) is 1. The first kappa shape index (κ1) is 17.7. The SMILES string of the molecule is CCN1CCN(C[C@@H](O)CO[C@H]2C[C@@H]3CC[C@]2(C)C3(C)C)CC1. The molecule has 0 radical (unpaired) electrons. The standard InChI is InChI=1S/C19H36N2O2/c1-5-20-8-10-21(11-9-20)13-16(22)14-23-17-12-15-6-7-19(17,4)18(15,2)3/h15-17,22H,5-14H2,1-4H3/t15-,16+,17-,19-/m0/s1. The summed E-state index contributed by atoms with van der Waals surface area (Å²) < 4.78 is 6.23. The van der Waals surface area contributed by atoms with Gasteiger partial charge in [-0.1, -0.05) is 27.7 Å². The van der Waals surface area contributed by atoms with Gasteiger partial charge in [0.2, 0.25) is 0 Å². The molecule has 2 bridgehead atoms. The van der Waals surface area contributed by atoms with Crippen LogP contribution < -0.4 is 0 Å². The van der Waals surface area contributed by atoms with Crippen molar-refractivity contribution < 1.29 is 9.84 Å². The van der Waals surface area contributed by atoms with Crippen molar-refractivity contribution in [3.05, 3.63) is 0 Å². The summed E-state index contributed by atoms with van der Waals surface area (Å²) in [5.74, 6) is 0.803. The average molecular weight is 325 g/mol. The maximum Gasteiger partial charge on any atom is 0.0900 e. The fourth-order valence-corrected chi connectivity index (χ4v) is 5.25.